The van der Waals surface area contributed by atoms with Crippen LogP contribution in [-0.4, -0.2) is 36.4 Å². The van der Waals surface area contributed by atoms with Crippen LogP contribution in [0.25, 0.3) is 0 Å². The SMILES string of the molecule is CCc1cccc(C)c1NC(=O)CCN(Cc1ccccn1)S(C)(=O)=O. The molecule has 1 amide bonds. The quantitative estimate of drug-likeness (QED) is 0.769. The Morgan fingerprint density at radius 2 is 1.96 bits per heavy atom. The van der Waals surface area contributed by atoms with Crippen molar-refractivity contribution in [2.45, 2.75) is 33.2 Å². The van der Waals surface area contributed by atoms with Crippen LogP contribution in [-0.2, 0) is 27.8 Å². The lowest BCUT2D eigenvalue weighted by Crippen LogP contribution is -2.33. The number of amides is 1. The number of nitrogens with zero attached hydrogens (tertiary/aromatic N) is 2. The average molecular weight is 375 g/mol. The molecule has 0 unspecified atom stereocenters. The molecule has 140 valence electrons. The summed E-state index contributed by atoms with van der Waals surface area (Å²) in [7, 11) is -3.44. The molecule has 0 saturated carbocycles. The normalized spacial score (nSPS) is 11.5. The Morgan fingerprint density at radius 3 is 2.58 bits per heavy atom. The Kier molecular flexibility index (Phi) is 6.88. The van der Waals surface area contributed by atoms with Gasteiger partial charge in [0.15, 0.2) is 0 Å². The fraction of sp³-hybridized carbons (Fsp3) is 0.368. The molecule has 7 heteroatoms. The Hall–Kier alpha value is -2.25. The molecule has 1 heterocycles. The molecule has 0 bridgehead atoms. The number of pyridine rings is 1. The van der Waals surface area contributed by atoms with E-state index >= 15 is 0 Å². The zero-order valence-electron chi connectivity index (χ0n) is 15.4. The van der Waals surface area contributed by atoms with Gasteiger partial charge in [-0.05, 0) is 36.6 Å². The second-order valence-electron chi connectivity index (χ2n) is 6.18. The number of anilines is 1. The molecule has 1 aromatic heterocycles. The molecular formula is C19H25N3O3S. The van der Waals surface area contributed by atoms with Gasteiger partial charge in [-0.3, -0.25) is 9.78 Å². The summed E-state index contributed by atoms with van der Waals surface area (Å²) >= 11 is 0. The first-order valence-electron chi connectivity index (χ1n) is 8.54. The van der Waals surface area contributed by atoms with Crippen LogP contribution in [0.15, 0.2) is 42.6 Å². The van der Waals surface area contributed by atoms with Crippen LogP contribution in [0.3, 0.4) is 0 Å². The van der Waals surface area contributed by atoms with Gasteiger partial charge in [0.1, 0.15) is 0 Å². The number of aryl methyl sites for hydroxylation is 2. The summed E-state index contributed by atoms with van der Waals surface area (Å²) in [5, 5.41) is 2.92. The lowest BCUT2D eigenvalue weighted by Gasteiger charge is -2.20. The number of nitrogens with one attached hydrogen (secondary N) is 1. The molecule has 1 aromatic carbocycles. The third-order valence-electron chi connectivity index (χ3n) is 4.13. The molecule has 0 aliphatic heterocycles. The molecular weight excluding hydrogens is 350 g/mol. The highest BCUT2D eigenvalue weighted by Crippen LogP contribution is 2.21. The standard InChI is InChI=1S/C19H25N3O3S/c1-4-16-9-7-8-15(2)19(16)21-18(23)11-13-22(26(3,24)25)14-17-10-5-6-12-20-17/h5-10,12H,4,11,13-14H2,1-3H3,(H,21,23). The highest BCUT2D eigenvalue weighted by Gasteiger charge is 2.19. The molecule has 2 rings (SSSR count). The van der Waals surface area contributed by atoms with Crippen molar-refractivity contribution in [3.63, 3.8) is 0 Å². The Labute approximate surface area is 155 Å². The number of sulfonamides is 1. The Morgan fingerprint density at radius 1 is 1.19 bits per heavy atom. The van der Waals surface area contributed by atoms with Crippen LogP contribution in [0.1, 0.15) is 30.2 Å². The largest absolute Gasteiger partial charge is 0.326 e. The molecule has 26 heavy (non-hydrogen) atoms. The Balaban J connectivity index is 2.04. The van der Waals surface area contributed by atoms with Crippen molar-refractivity contribution in [2.24, 2.45) is 0 Å². The van der Waals surface area contributed by atoms with E-state index in [9.17, 15) is 13.2 Å². The van der Waals surface area contributed by atoms with Crippen molar-refractivity contribution in [2.75, 3.05) is 18.1 Å². The smallest absolute Gasteiger partial charge is 0.225 e. The topological polar surface area (TPSA) is 79.4 Å². The molecule has 2 aromatic rings. The molecule has 0 atom stereocenters. The first-order valence-corrected chi connectivity index (χ1v) is 10.4. The highest BCUT2D eigenvalue weighted by atomic mass is 32.2. The molecule has 6 nitrogen and oxygen atoms in total. The summed E-state index contributed by atoms with van der Waals surface area (Å²) in [6.45, 7) is 4.23. The van der Waals surface area contributed by atoms with Crippen molar-refractivity contribution >= 4 is 21.6 Å². The number of benzene rings is 1. The molecule has 0 fully saturated rings. The summed E-state index contributed by atoms with van der Waals surface area (Å²) in [6.07, 6.45) is 3.65. The summed E-state index contributed by atoms with van der Waals surface area (Å²) in [4.78, 5) is 16.5. The average Bonchev–Trinajstić information content (AvgIpc) is 2.60. The lowest BCUT2D eigenvalue weighted by atomic mass is 10.1. The number of rotatable bonds is 8. The molecule has 0 radical (unpaired) electrons. The van der Waals surface area contributed by atoms with E-state index in [1.807, 2.05) is 32.0 Å². The van der Waals surface area contributed by atoms with Crippen LogP contribution in [0.2, 0.25) is 0 Å². The predicted molar refractivity (Wildman–Crippen MR) is 103 cm³/mol. The number of carbonyl (C=O) groups excluding carboxylic acids is 1. The Bertz CT molecular complexity index is 852. The molecule has 1 N–H and O–H groups in total. The van der Waals surface area contributed by atoms with Crippen molar-refractivity contribution < 1.29 is 13.2 Å². The van der Waals surface area contributed by atoms with E-state index in [0.717, 1.165) is 29.5 Å². The predicted octanol–water partition coefficient (Wildman–Crippen LogP) is 2.74. The monoisotopic (exact) mass is 375 g/mol. The fourth-order valence-electron chi connectivity index (χ4n) is 2.66. The van der Waals surface area contributed by atoms with Gasteiger partial charge in [0.25, 0.3) is 0 Å². The zero-order chi connectivity index (χ0) is 19.2. The minimum Gasteiger partial charge on any atom is -0.326 e. The van der Waals surface area contributed by atoms with E-state index < -0.39 is 10.0 Å². The van der Waals surface area contributed by atoms with E-state index in [-0.39, 0.29) is 25.4 Å². The first kappa shape index (κ1) is 20.1. The number of hydrogen-bond acceptors (Lipinski definition) is 4. The van der Waals surface area contributed by atoms with Crippen molar-refractivity contribution in [3.05, 3.63) is 59.4 Å². The fourth-order valence-corrected chi connectivity index (χ4v) is 3.45. The minimum atomic E-state index is -3.44. The van der Waals surface area contributed by atoms with Crippen LogP contribution in [0.4, 0.5) is 5.69 Å². The third-order valence-corrected chi connectivity index (χ3v) is 5.38. The van der Waals surface area contributed by atoms with Gasteiger partial charge in [0, 0.05) is 24.8 Å². The van der Waals surface area contributed by atoms with Crippen molar-refractivity contribution in [3.8, 4) is 0 Å². The highest BCUT2D eigenvalue weighted by molar-refractivity contribution is 7.88. The van der Waals surface area contributed by atoms with Gasteiger partial charge >= 0.3 is 0 Å². The maximum Gasteiger partial charge on any atom is 0.225 e. The van der Waals surface area contributed by atoms with Gasteiger partial charge in [0.05, 0.1) is 18.5 Å². The van der Waals surface area contributed by atoms with Gasteiger partial charge in [-0.15, -0.1) is 0 Å². The van der Waals surface area contributed by atoms with Crippen molar-refractivity contribution in [1.82, 2.24) is 9.29 Å². The summed E-state index contributed by atoms with van der Waals surface area (Å²) in [5.74, 6) is -0.205. The van der Waals surface area contributed by atoms with E-state index in [0.29, 0.717) is 5.69 Å². The van der Waals surface area contributed by atoms with E-state index in [1.165, 1.54) is 4.31 Å². The maximum absolute atomic E-state index is 12.4. The van der Waals surface area contributed by atoms with Gasteiger partial charge in [0.2, 0.25) is 15.9 Å². The lowest BCUT2D eigenvalue weighted by molar-refractivity contribution is -0.116. The second-order valence-corrected chi connectivity index (χ2v) is 8.16. The van der Waals surface area contributed by atoms with Gasteiger partial charge in [-0.1, -0.05) is 31.2 Å². The maximum atomic E-state index is 12.4. The second kappa shape index (κ2) is 8.91. The number of hydrogen-bond donors (Lipinski definition) is 1. The van der Waals surface area contributed by atoms with Crippen LogP contribution < -0.4 is 5.32 Å². The van der Waals surface area contributed by atoms with E-state index in [4.69, 9.17) is 0 Å². The minimum absolute atomic E-state index is 0.0807. The van der Waals surface area contributed by atoms with Crippen LogP contribution >= 0.6 is 0 Å². The van der Waals surface area contributed by atoms with Crippen molar-refractivity contribution in [1.29, 1.82) is 0 Å². The summed E-state index contributed by atoms with van der Waals surface area (Å²) in [6, 6.07) is 11.2. The van der Waals surface area contributed by atoms with Gasteiger partial charge in [-0.25, -0.2) is 8.42 Å². The zero-order valence-corrected chi connectivity index (χ0v) is 16.2. The first-order chi connectivity index (χ1) is 12.3. The van der Waals surface area contributed by atoms with E-state index in [2.05, 4.69) is 10.3 Å². The molecule has 0 aliphatic rings. The van der Waals surface area contributed by atoms with E-state index in [1.54, 1.807) is 24.4 Å². The van der Waals surface area contributed by atoms with Gasteiger partial charge in [-0.2, -0.15) is 4.31 Å². The van der Waals surface area contributed by atoms with Crippen LogP contribution in [0, 0.1) is 6.92 Å². The molecule has 0 spiro atoms. The summed E-state index contributed by atoms with van der Waals surface area (Å²) < 4.78 is 25.3. The number of carbonyl (C=O) groups is 1. The number of para-hydroxylation sites is 1. The van der Waals surface area contributed by atoms with Crippen LogP contribution in [0.5, 0.6) is 0 Å². The third kappa shape index (κ3) is 5.64. The summed E-state index contributed by atoms with van der Waals surface area (Å²) in [5.41, 5.74) is 3.51. The molecule has 0 aliphatic carbocycles. The number of aromatic nitrogens is 1. The molecule has 0 saturated heterocycles. The van der Waals surface area contributed by atoms with Gasteiger partial charge < -0.3 is 5.32 Å².